The highest BCUT2D eigenvalue weighted by atomic mass is 13.9. The molecule has 0 nitrogen and oxygen atoms in total. The molecule has 0 atom stereocenters. The van der Waals surface area contributed by atoms with Crippen LogP contribution >= 0.6 is 0 Å². The monoisotopic (exact) mass is 174 g/mol. The third-order valence-electron chi connectivity index (χ3n) is 1.61. The van der Waals surface area contributed by atoms with Gasteiger partial charge in [-0.1, -0.05) is 61.3 Å². The zero-order chi connectivity index (χ0) is 9.94. The molecule has 0 aliphatic heterocycles. The van der Waals surface area contributed by atoms with Crippen molar-refractivity contribution in [2.75, 3.05) is 0 Å². The number of allylic oxidation sites excluding steroid dienone is 8. The summed E-state index contributed by atoms with van der Waals surface area (Å²) in [6, 6.07) is 0. The van der Waals surface area contributed by atoms with E-state index in [1.165, 1.54) is 18.4 Å². The first-order valence-electron chi connectivity index (χ1n) is 4.53. The highest BCUT2D eigenvalue weighted by Crippen LogP contribution is 2.08. The Balaban J connectivity index is 0.000000226. The van der Waals surface area contributed by atoms with Gasteiger partial charge >= 0.3 is 0 Å². The van der Waals surface area contributed by atoms with Crippen LogP contribution in [-0.4, -0.2) is 0 Å². The molecule has 0 amide bonds. The zero-order valence-electron chi connectivity index (χ0n) is 8.37. The van der Waals surface area contributed by atoms with Crippen LogP contribution in [0, 0.1) is 0 Å². The minimum atomic E-state index is 1.24. The third kappa shape index (κ3) is 8.61. The Morgan fingerprint density at radius 3 is 2.08 bits per heavy atom. The molecule has 0 spiro atoms. The standard InChI is InChI=1S/C7H10.C6H8/c1-7-5-3-2-4-6-7;1-3-5-6-4-2/h2-3,5H,4,6H2,1H3;3-6H,1-2H2/b;6-5-. The molecular weight excluding hydrogens is 156 g/mol. The molecule has 0 N–H and O–H groups in total. The van der Waals surface area contributed by atoms with Crippen LogP contribution in [0.25, 0.3) is 0 Å². The first-order chi connectivity index (χ1) is 6.31. The average Bonchev–Trinajstić information content (AvgIpc) is 2.17. The fourth-order valence-corrected chi connectivity index (χ4v) is 0.880. The fraction of sp³-hybridized carbons (Fsp3) is 0.231. The first kappa shape index (κ1) is 11.7. The Kier molecular flexibility index (Phi) is 7.91. The van der Waals surface area contributed by atoms with Crippen molar-refractivity contribution in [3.8, 4) is 0 Å². The molecule has 0 saturated heterocycles. The third-order valence-corrected chi connectivity index (χ3v) is 1.61. The van der Waals surface area contributed by atoms with E-state index in [4.69, 9.17) is 0 Å². The van der Waals surface area contributed by atoms with Gasteiger partial charge in [0.25, 0.3) is 0 Å². The van der Waals surface area contributed by atoms with Crippen molar-refractivity contribution >= 4 is 0 Å². The first-order valence-corrected chi connectivity index (χ1v) is 4.53. The van der Waals surface area contributed by atoms with Crippen molar-refractivity contribution in [1.82, 2.24) is 0 Å². The van der Waals surface area contributed by atoms with Crippen molar-refractivity contribution in [2.24, 2.45) is 0 Å². The molecule has 0 radical (unpaired) electrons. The minimum absolute atomic E-state index is 1.24. The van der Waals surface area contributed by atoms with E-state index in [0.717, 1.165) is 0 Å². The van der Waals surface area contributed by atoms with Crippen LogP contribution in [0.2, 0.25) is 0 Å². The summed E-state index contributed by atoms with van der Waals surface area (Å²) >= 11 is 0. The van der Waals surface area contributed by atoms with E-state index in [0.29, 0.717) is 0 Å². The topological polar surface area (TPSA) is 0 Å². The molecule has 0 saturated carbocycles. The number of hydrogen-bond donors (Lipinski definition) is 0. The highest BCUT2D eigenvalue weighted by Gasteiger charge is 1.88. The molecule has 0 aromatic rings. The summed E-state index contributed by atoms with van der Waals surface area (Å²) in [6.07, 6.45) is 16.1. The van der Waals surface area contributed by atoms with E-state index >= 15 is 0 Å². The summed E-state index contributed by atoms with van der Waals surface area (Å²) in [7, 11) is 0. The van der Waals surface area contributed by atoms with Crippen LogP contribution in [0.1, 0.15) is 19.8 Å². The normalized spacial score (nSPS) is 14.4. The minimum Gasteiger partial charge on any atom is -0.0991 e. The van der Waals surface area contributed by atoms with E-state index in [1.54, 1.807) is 12.2 Å². The van der Waals surface area contributed by atoms with E-state index in [2.05, 4.69) is 38.3 Å². The highest BCUT2D eigenvalue weighted by molar-refractivity contribution is 5.15. The molecule has 0 fully saturated rings. The lowest BCUT2D eigenvalue weighted by Gasteiger charge is -1.98. The summed E-state index contributed by atoms with van der Waals surface area (Å²) in [5, 5.41) is 0. The van der Waals surface area contributed by atoms with Crippen molar-refractivity contribution < 1.29 is 0 Å². The second kappa shape index (κ2) is 8.79. The molecule has 1 aliphatic rings. The molecule has 0 aromatic carbocycles. The van der Waals surface area contributed by atoms with E-state index in [9.17, 15) is 0 Å². The maximum atomic E-state index is 3.46. The smallest absolute Gasteiger partial charge is 0.0285 e. The van der Waals surface area contributed by atoms with Crippen LogP contribution < -0.4 is 0 Å². The SMILES string of the molecule is C=C/C=C\C=C.CC1=CC=CCC1. The van der Waals surface area contributed by atoms with Gasteiger partial charge in [0, 0.05) is 0 Å². The van der Waals surface area contributed by atoms with Gasteiger partial charge in [-0.15, -0.1) is 0 Å². The predicted octanol–water partition coefficient (Wildman–Crippen LogP) is 4.20. The Morgan fingerprint density at radius 2 is 1.85 bits per heavy atom. The van der Waals surface area contributed by atoms with Gasteiger partial charge in [0.2, 0.25) is 0 Å². The van der Waals surface area contributed by atoms with Crippen molar-refractivity contribution in [3.05, 3.63) is 61.3 Å². The molecule has 0 heterocycles. The van der Waals surface area contributed by atoms with Crippen molar-refractivity contribution in [1.29, 1.82) is 0 Å². The van der Waals surface area contributed by atoms with Gasteiger partial charge in [-0.05, 0) is 19.8 Å². The number of rotatable bonds is 2. The lowest BCUT2D eigenvalue weighted by Crippen LogP contribution is -1.78. The Hall–Kier alpha value is -1.30. The largest absolute Gasteiger partial charge is 0.0991 e. The second-order valence-electron chi connectivity index (χ2n) is 2.84. The van der Waals surface area contributed by atoms with Crippen molar-refractivity contribution in [3.63, 3.8) is 0 Å². The fourth-order valence-electron chi connectivity index (χ4n) is 0.880. The van der Waals surface area contributed by atoms with Gasteiger partial charge in [0.1, 0.15) is 0 Å². The zero-order valence-corrected chi connectivity index (χ0v) is 8.37. The lowest BCUT2D eigenvalue weighted by molar-refractivity contribution is 0.962. The van der Waals surface area contributed by atoms with Gasteiger partial charge in [0.15, 0.2) is 0 Å². The molecule has 70 valence electrons. The summed E-state index contributed by atoms with van der Waals surface area (Å²) < 4.78 is 0. The summed E-state index contributed by atoms with van der Waals surface area (Å²) in [5.41, 5.74) is 1.50. The molecular formula is C13H18. The van der Waals surface area contributed by atoms with Gasteiger partial charge in [-0.2, -0.15) is 0 Å². The van der Waals surface area contributed by atoms with Crippen molar-refractivity contribution in [2.45, 2.75) is 19.8 Å². The molecule has 0 aromatic heterocycles. The second-order valence-corrected chi connectivity index (χ2v) is 2.84. The van der Waals surface area contributed by atoms with Crippen LogP contribution in [0.5, 0.6) is 0 Å². The average molecular weight is 174 g/mol. The van der Waals surface area contributed by atoms with Gasteiger partial charge in [-0.25, -0.2) is 0 Å². The molecule has 0 heteroatoms. The summed E-state index contributed by atoms with van der Waals surface area (Å²) in [5.74, 6) is 0. The number of hydrogen-bond acceptors (Lipinski definition) is 0. The quantitative estimate of drug-likeness (QED) is 0.550. The van der Waals surface area contributed by atoms with Gasteiger partial charge in [-0.3, -0.25) is 0 Å². The van der Waals surface area contributed by atoms with Crippen LogP contribution in [0.4, 0.5) is 0 Å². The summed E-state index contributed by atoms with van der Waals surface area (Å²) in [6.45, 7) is 9.10. The van der Waals surface area contributed by atoms with Crippen LogP contribution in [0.3, 0.4) is 0 Å². The summed E-state index contributed by atoms with van der Waals surface area (Å²) in [4.78, 5) is 0. The Bertz CT molecular complexity index is 216. The Morgan fingerprint density at radius 1 is 1.23 bits per heavy atom. The predicted molar refractivity (Wildman–Crippen MR) is 61.7 cm³/mol. The maximum Gasteiger partial charge on any atom is -0.0285 e. The van der Waals surface area contributed by atoms with E-state index < -0.39 is 0 Å². The maximum absolute atomic E-state index is 3.46. The van der Waals surface area contributed by atoms with Gasteiger partial charge < -0.3 is 0 Å². The van der Waals surface area contributed by atoms with E-state index in [1.807, 2.05) is 12.2 Å². The molecule has 13 heavy (non-hydrogen) atoms. The van der Waals surface area contributed by atoms with Crippen LogP contribution in [0.15, 0.2) is 61.3 Å². The molecule has 1 rings (SSSR count). The molecule has 0 unspecified atom stereocenters. The van der Waals surface area contributed by atoms with Crippen LogP contribution in [-0.2, 0) is 0 Å². The van der Waals surface area contributed by atoms with E-state index in [-0.39, 0.29) is 0 Å². The molecule has 0 bridgehead atoms. The van der Waals surface area contributed by atoms with Gasteiger partial charge in [0.05, 0.1) is 0 Å². The Labute approximate surface area is 81.7 Å². The molecule has 1 aliphatic carbocycles. The lowest BCUT2D eigenvalue weighted by atomic mass is 10.1.